The van der Waals surface area contributed by atoms with Gasteiger partial charge >= 0.3 is 0 Å². The topological polar surface area (TPSA) is 26.0 Å². The minimum absolute atomic E-state index is 0.266. The molecule has 2 aliphatic rings. The highest BCUT2D eigenvalue weighted by Crippen LogP contribution is 2.59. The van der Waals surface area contributed by atoms with Crippen molar-refractivity contribution in [2.24, 2.45) is 23.5 Å². The third-order valence-corrected chi connectivity index (χ3v) is 4.77. The van der Waals surface area contributed by atoms with Gasteiger partial charge in [0.1, 0.15) is 11.6 Å². The molecule has 0 spiro atoms. The van der Waals surface area contributed by atoms with E-state index in [2.05, 4.69) is 0 Å². The van der Waals surface area contributed by atoms with Crippen LogP contribution in [0.3, 0.4) is 0 Å². The van der Waals surface area contributed by atoms with Crippen molar-refractivity contribution in [3.8, 4) is 0 Å². The second-order valence-corrected chi connectivity index (χ2v) is 5.84. The van der Waals surface area contributed by atoms with Crippen LogP contribution >= 0.6 is 0 Å². The molecule has 0 bridgehead atoms. The summed E-state index contributed by atoms with van der Waals surface area (Å²) in [5, 5.41) is 0. The standard InChI is InChI=1S/C15H19F2N/c1-8-6-11(13(17)7-12(8)16)15(18)14-9-4-2-3-5-10(9)14/h6-7,9-10,14-15H,2-5,18H2,1H3. The molecular formula is C15H19F2N. The lowest BCUT2D eigenvalue weighted by molar-refractivity contribution is 0.480. The molecule has 0 amide bonds. The molecule has 1 nitrogen and oxygen atoms in total. The van der Waals surface area contributed by atoms with E-state index in [9.17, 15) is 8.78 Å². The molecule has 2 aliphatic carbocycles. The summed E-state index contributed by atoms with van der Waals surface area (Å²) in [4.78, 5) is 0. The van der Waals surface area contributed by atoms with Gasteiger partial charge in [0.15, 0.2) is 0 Å². The Labute approximate surface area is 106 Å². The van der Waals surface area contributed by atoms with Gasteiger partial charge in [0, 0.05) is 17.7 Å². The Balaban J connectivity index is 1.85. The molecule has 3 rings (SSSR count). The fraction of sp³-hybridized carbons (Fsp3) is 0.600. The highest BCUT2D eigenvalue weighted by atomic mass is 19.1. The fourth-order valence-electron chi connectivity index (χ4n) is 3.72. The van der Waals surface area contributed by atoms with Crippen molar-refractivity contribution >= 4 is 0 Å². The number of rotatable bonds is 2. The van der Waals surface area contributed by atoms with Crippen molar-refractivity contribution in [3.05, 3.63) is 34.9 Å². The number of hydrogen-bond acceptors (Lipinski definition) is 1. The first-order chi connectivity index (χ1) is 8.59. The summed E-state index contributed by atoms with van der Waals surface area (Å²) >= 11 is 0. The van der Waals surface area contributed by atoms with Crippen molar-refractivity contribution in [2.75, 3.05) is 0 Å². The van der Waals surface area contributed by atoms with E-state index in [0.717, 1.165) is 6.07 Å². The minimum Gasteiger partial charge on any atom is -0.324 e. The first-order valence-electron chi connectivity index (χ1n) is 6.80. The summed E-state index contributed by atoms with van der Waals surface area (Å²) in [5.74, 6) is 0.787. The van der Waals surface area contributed by atoms with E-state index >= 15 is 0 Å². The van der Waals surface area contributed by atoms with Crippen LogP contribution in [0.2, 0.25) is 0 Å². The van der Waals surface area contributed by atoms with E-state index in [1.807, 2.05) is 0 Å². The van der Waals surface area contributed by atoms with Crippen LogP contribution in [-0.4, -0.2) is 0 Å². The van der Waals surface area contributed by atoms with Crippen LogP contribution in [0.4, 0.5) is 8.78 Å². The maximum absolute atomic E-state index is 13.8. The molecule has 3 unspecified atom stereocenters. The molecule has 0 aliphatic heterocycles. The highest BCUT2D eigenvalue weighted by molar-refractivity contribution is 5.30. The van der Waals surface area contributed by atoms with Crippen LogP contribution < -0.4 is 5.73 Å². The summed E-state index contributed by atoms with van der Waals surface area (Å²) in [6.07, 6.45) is 5.00. The quantitative estimate of drug-likeness (QED) is 0.852. The molecule has 2 N–H and O–H groups in total. The molecule has 98 valence electrons. The average molecular weight is 251 g/mol. The van der Waals surface area contributed by atoms with Gasteiger partial charge in [-0.2, -0.15) is 0 Å². The SMILES string of the molecule is Cc1cc(C(N)C2C3CCCCC32)c(F)cc1F. The summed E-state index contributed by atoms with van der Waals surface area (Å²) < 4.78 is 27.1. The maximum atomic E-state index is 13.8. The third-order valence-electron chi connectivity index (χ3n) is 4.77. The lowest BCUT2D eigenvalue weighted by Crippen LogP contribution is -2.16. The molecule has 2 fully saturated rings. The molecule has 1 aromatic carbocycles. The van der Waals surface area contributed by atoms with Crippen LogP contribution in [0.5, 0.6) is 0 Å². The van der Waals surface area contributed by atoms with E-state index in [4.69, 9.17) is 5.73 Å². The molecule has 0 heterocycles. The van der Waals surface area contributed by atoms with E-state index in [1.54, 1.807) is 13.0 Å². The summed E-state index contributed by atoms with van der Waals surface area (Å²) in [6.45, 7) is 1.66. The van der Waals surface area contributed by atoms with E-state index in [0.29, 0.717) is 28.9 Å². The van der Waals surface area contributed by atoms with Crippen molar-refractivity contribution in [3.63, 3.8) is 0 Å². The van der Waals surface area contributed by atoms with Gasteiger partial charge in [-0.25, -0.2) is 8.78 Å². The Morgan fingerprint density at radius 2 is 1.72 bits per heavy atom. The number of halogens is 2. The second-order valence-electron chi connectivity index (χ2n) is 5.84. The molecule has 3 atom stereocenters. The van der Waals surface area contributed by atoms with Gasteiger partial charge in [-0.05, 0) is 49.1 Å². The van der Waals surface area contributed by atoms with Crippen LogP contribution in [0.1, 0.15) is 42.9 Å². The van der Waals surface area contributed by atoms with Crippen molar-refractivity contribution in [1.29, 1.82) is 0 Å². The van der Waals surface area contributed by atoms with Crippen LogP contribution in [0, 0.1) is 36.3 Å². The van der Waals surface area contributed by atoms with Gasteiger partial charge in [0.05, 0.1) is 0 Å². The van der Waals surface area contributed by atoms with Crippen LogP contribution in [-0.2, 0) is 0 Å². The zero-order chi connectivity index (χ0) is 12.9. The Morgan fingerprint density at radius 1 is 1.11 bits per heavy atom. The maximum Gasteiger partial charge on any atom is 0.130 e. The van der Waals surface area contributed by atoms with Gasteiger partial charge in [-0.15, -0.1) is 0 Å². The lowest BCUT2D eigenvalue weighted by Gasteiger charge is -2.14. The number of fused-ring (bicyclic) bond motifs is 1. The van der Waals surface area contributed by atoms with Crippen LogP contribution in [0.25, 0.3) is 0 Å². The number of nitrogens with two attached hydrogens (primary N) is 1. The molecule has 1 aromatic rings. The van der Waals surface area contributed by atoms with Gasteiger partial charge in [-0.3, -0.25) is 0 Å². The summed E-state index contributed by atoms with van der Waals surface area (Å²) in [6, 6.07) is 2.29. The molecule has 3 heteroatoms. The van der Waals surface area contributed by atoms with Gasteiger partial charge in [0.25, 0.3) is 0 Å². The summed E-state index contributed by atoms with van der Waals surface area (Å²) in [7, 11) is 0. The molecule has 2 saturated carbocycles. The molecule has 0 saturated heterocycles. The average Bonchev–Trinajstić information content (AvgIpc) is 3.07. The molecule has 0 radical (unpaired) electrons. The number of hydrogen-bond donors (Lipinski definition) is 1. The predicted octanol–water partition coefficient (Wildman–Crippen LogP) is 3.71. The molecule has 0 aromatic heterocycles. The van der Waals surface area contributed by atoms with Crippen molar-refractivity contribution < 1.29 is 8.78 Å². The Morgan fingerprint density at radius 3 is 2.33 bits per heavy atom. The second kappa shape index (κ2) is 4.30. The predicted molar refractivity (Wildman–Crippen MR) is 67.0 cm³/mol. The van der Waals surface area contributed by atoms with Crippen molar-refractivity contribution in [2.45, 2.75) is 38.6 Å². The number of benzene rings is 1. The Hall–Kier alpha value is -0.960. The monoisotopic (exact) mass is 251 g/mol. The lowest BCUT2D eigenvalue weighted by atomic mass is 9.98. The molecule has 18 heavy (non-hydrogen) atoms. The van der Waals surface area contributed by atoms with Crippen molar-refractivity contribution in [1.82, 2.24) is 0 Å². The highest BCUT2D eigenvalue weighted by Gasteiger charge is 2.53. The summed E-state index contributed by atoms with van der Waals surface area (Å²) in [5.41, 5.74) is 7.19. The molecular weight excluding hydrogens is 232 g/mol. The van der Waals surface area contributed by atoms with E-state index in [-0.39, 0.29) is 6.04 Å². The van der Waals surface area contributed by atoms with Gasteiger partial charge < -0.3 is 5.73 Å². The number of aryl methyl sites for hydroxylation is 1. The largest absolute Gasteiger partial charge is 0.324 e. The fourth-order valence-corrected chi connectivity index (χ4v) is 3.72. The first-order valence-corrected chi connectivity index (χ1v) is 6.80. The van der Waals surface area contributed by atoms with Gasteiger partial charge in [-0.1, -0.05) is 12.8 Å². The minimum atomic E-state index is -0.491. The normalized spacial score (nSPS) is 31.9. The zero-order valence-electron chi connectivity index (χ0n) is 10.6. The van der Waals surface area contributed by atoms with Crippen LogP contribution in [0.15, 0.2) is 12.1 Å². The Bertz CT molecular complexity index is 460. The van der Waals surface area contributed by atoms with E-state index < -0.39 is 11.6 Å². The third kappa shape index (κ3) is 1.85. The van der Waals surface area contributed by atoms with Gasteiger partial charge in [0.2, 0.25) is 0 Å². The first kappa shape index (κ1) is 12.1. The zero-order valence-corrected chi connectivity index (χ0v) is 10.6. The van der Waals surface area contributed by atoms with E-state index in [1.165, 1.54) is 25.7 Å². The smallest absolute Gasteiger partial charge is 0.130 e. The Kier molecular flexibility index (Phi) is 2.89.